The number of ether oxygens (including phenoxy) is 1. The molecule has 128 valence electrons. The highest BCUT2D eigenvalue weighted by Crippen LogP contribution is 2.10. The Hall–Kier alpha value is -2.31. The molecule has 0 saturated carbocycles. The molecular formula is C18H24N4O2. The average molecular weight is 328 g/mol. The van der Waals surface area contributed by atoms with Crippen molar-refractivity contribution in [3.05, 3.63) is 53.5 Å². The second kappa shape index (κ2) is 9.10. The molecule has 1 amide bonds. The Bertz CT molecular complexity index is 658. The molecule has 0 aliphatic rings. The normalized spacial score (nSPS) is 10.8. The first-order valence-corrected chi connectivity index (χ1v) is 7.90. The van der Waals surface area contributed by atoms with Gasteiger partial charge in [-0.25, -0.2) is 4.98 Å². The van der Waals surface area contributed by atoms with Gasteiger partial charge in [0.15, 0.2) is 0 Å². The maximum Gasteiger partial charge on any atom is 0.230 e. The van der Waals surface area contributed by atoms with E-state index in [-0.39, 0.29) is 12.3 Å². The van der Waals surface area contributed by atoms with Gasteiger partial charge < -0.3 is 10.1 Å². The zero-order valence-corrected chi connectivity index (χ0v) is 14.5. The number of pyridine rings is 2. The fourth-order valence-corrected chi connectivity index (χ4v) is 2.25. The first-order valence-electron chi connectivity index (χ1n) is 7.90. The third-order valence-electron chi connectivity index (χ3n) is 3.56. The van der Waals surface area contributed by atoms with Crippen molar-refractivity contribution in [1.29, 1.82) is 0 Å². The number of carbonyl (C=O) groups excluding carboxylic acids is 1. The molecule has 0 aromatic carbocycles. The molecule has 24 heavy (non-hydrogen) atoms. The van der Waals surface area contributed by atoms with E-state index in [1.165, 1.54) is 0 Å². The summed E-state index contributed by atoms with van der Waals surface area (Å²) in [7, 11) is 3.72. The molecule has 0 aliphatic carbocycles. The minimum atomic E-state index is -0.0990. The summed E-state index contributed by atoms with van der Waals surface area (Å²) in [5.41, 5.74) is 2.91. The zero-order valence-electron chi connectivity index (χ0n) is 14.5. The second-order valence-corrected chi connectivity index (χ2v) is 5.81. The zero-order chi connectivity index (χ0) is 17.4. The molecule has 6 nitrogen and oxygen atoms in total. The fraction of sp³-hybridized carbons (Fsp3) is 0.389. The maximum absolute atomic E-state index is 12.1. The van der Waals surface area contributed by atoms with Crippen LogP contribution in [0.1, 0.15) is 16.8 Å². The number of rotatable bonds is 8. The molecular weight excluding hydrogens is 304 g/mol. The predicted molar refractivity (Wildman–Crippen MR) is 93.8 cm³/mol. The largest absolute Gasteiger partial charge is 0.383 e. The maximum atomic E-state index is 12.1. The SMILES string of the molecule is COCCN(C)Cc1ccnc(NC(=O)Cc2ccc(C)nc2)c1. The van der Waals surface area contributed by atoms with Gasteiger partial charge in [0, 0.05) is 38.3 Å². The van der Waals surface area contributed by atoms with E-state index >= 15 is 0 Å². The van der Waals surface area contributed by atoms with Crippen LogP contribution in [-0.2, 0) is 22.5 Å². The number of carbonyl (C=O) groups is 1. The van der Waals surface area contributed by atoms with Crippen LogP contribution in [0.3, 0.4) is 0 Å². The summed E-state index contributed by atoms with van der Waals surface area (Å²) in [6.07, 6.45) is 3.72. The number of hydrogen-bond donors (Lipinski definition) is 1. The van der Waals surface area contributed by atoms with Gasteiger partial charge in [0.1, 0.15) is 5.82 Å². The summed E-state index contributed by atoms with van der Waals surface area (Å²) in [5, 5.41) is 2.84. The van der Waals surface area contributed by atoms with E-state index in [4.69, 9.17) is 4.74 Å². The van der Waals surface area contributed by atoms with E-state index < -0.39 is 0 Å². The highest BCUT2D eigenvalue weighted by atomic mass is 16.5. The average Bonchev–Trinajstić information content (AvgIpc) is 2.55. The molecule has 0 bridgehead atoms. The lowest BCUT2D eigenvalue weighted by molar-refractivity contribution is -0.115. The number of anilines is 1. The van der Waals surface area contributed by atoms with Crippen molar-refractivity contribution >= 4 is 11.7 Å². The lowest BCUT2D eigenvalue weighted by Gasteiger charge is -2.16. The van der Waals surface area contributed by atoms with Gasteiger partial charge in [-0.2, -0.15) is 0 Å². The van der Waals surface area contributed by atoms with Gasteiger partial charge in [0.05, 0.1) is 13.0 Å². The van der Waals surface area contributed by atoms with E-state index in [9.17, 15) is 4.79 Å². The van der Waals surface area contributed by atoms with Crippen LogP contribution in [0.5, 0.6) is 0 Å². The number of amides is 1. The predicted octanol–water partition coefficient (Wildman–Crippen LogP) is 2.04. The van der Waals surface area contributed by atoms with Gasteiger partial charge >= 0.3 is 0 Å². The minimum Gasteiger partial charge on any atom is -0.383 e. The number of likely N-dealkylation sites (N-methyl/N-ethyl adjacent to an activating group) is 1. The van der Waals surface area contributed by atoms with Gasteiger partial charge in [0.25, 0.3) is 0 Å². The van der Waals surface area contributed by atoms with Crippen molar-refractivity contribution < 1.29 is 9.53 Å². The van der Waals surface area contributed by atoms with Gasteiger partial charge in [0.2, 0.25) is 5.91 Å². The summed E-state index contributed by atoms with van der Waals surface area (Å²) in [6.45, 7) is 4.23. The molecule has 2 rings (SSSR count). The number of aromatic nitrogens is 2. The summed E-state index contributed by atoms with van der Waals surface area (Å²) in [4.78, 5) is 22.7. The third-order valence-corrected chi connectivity index (χ3v) is 3.56. The molecule has 0 saturated heterocycles. The Kier molecular flexibility index (Phi) is 6.84. The number of aryl methyl sites for hydroxylation is 1. The molecule has 1 N–H and O–H groups in total. The Morgan fingerprint density at radius 3 is 2.79 bits per heavy atom. The van der Waals surface area contributed by atoms with Crippen molar-refractivity contribution in [3.63, 3.8) is 0 Å². The van der Waals surface area contributed by atoms with Crippen LogP contribution in [0.25, 0.3) is 0 Å². The summed E-state index contributed by atoms with van der Waals surface area (Å²) < 4.78 is 5.07. The van der Waals surface area contributed by atoms with Crippen LogP contribution >= 0.6 is 0 Å². The van der Waals surface area contributed by atoms with Crippen molar-refractivity contribution in [2.75, 3.05) is 32.6 Å². The van der Waals surface area contributed by atoms with Gasteiger partial charge in [-0.05, 0) is 43.3 Å². The molecule has 0 aliphatic heterocycles. The van der Waals surface area contributed by atoms with Crippen LogP contribution in [-0.4, -0.2) is 48.1 Å². The Balaban J connectivity index is 1.91. The summed E-state index contributed by atoms with van der Waals surface area (Å²) in [6, 6.07) is 7.66. The van der Waals surface area contributed by atoms with Crippen LogP contribution in [0.4, 0.5) is 5.82 Å². The first-order chi connectivity index (χ1) is 11.6. The van der Waals surface area contributed by atoms with Gasteiger partial charge in [-0.1, -0.05) is 6.07 Å². The van der Waals surface area contributed by atoms with E-state index in [1.807, 2.05) is 38.2 Å². The molecule has 0 spiro atoms. The molecule has 0 atom stereocenters. The lowest BCUT2D eigenvalue weighted by Crippen LogP contribution is -2.22. The van der Waals surface area contributed by atoms with Crippen LogP contribution in [0.15, 0.2) is 36.7 Å². The molecule has 0 radical (unpaired) electrons. The van der Waals surface area contributed by atoms with Gasteiger partial charge in [-0.15, -0.1) is 0 Å². The van der Waals surface area contributed by atoms with E-state index in [2.05, 4.69) is 20.2 Å². The van der Waals surface area contributed by atoms with Crippen LogP contribution in [0.2, 0.25) is 0 Å². The highest BCUT2D eigenvalue weighted by Gasteiger charge is 2.07. The topological polar surface area (TPSA) is 67.3 Å². The molecule has 2 aromatic heterocycles. The second-order valence-electron chi connectivity index (χ2n) is 5.81. The quantitative estimate of drug-likeness (QED) is 0.803. The van der Waals surface area contributed by atoms with E-state index in [0.717, 1.165) is 29.9 Å². The Morgan fingerprint density at radius 2 is 2.08 bits per heavy atom. The molecule has 0 unspecified atom stereocenters. The summed E-state index contributed by atoms with van der Waals surface area (Å²) in [5.74, 6) is 0.468. The van der Waals surface area contributed by atoms with Crippen molar-refractivity contribution in [1.82, 2.24) is 14.9 Å². The lowest BCUT2D eigenvalue weighted by atomic mass is 10.2. The van der Waals surface area contributed by atoms with E-state index in [0.29, 0.717) is 12.4 Å². The fourth-order valence-electron chi connectivity index (χ4n) is 2.25. The third kappa shape index (κ3) is 6.06. The van der Waals surface area contributed by atoms with Crippen molar-refractivity contribution in [3.8, 4) is 0 Å². The van der Waals surface area contributed by atoms with Crippen LogP contribution in [0, 0.1) is 6.92 Å². The van der Waals surface area contributed by atoms with Gasteiger partial charge in [-0.3, -0.25) is 14.7 Å². The number of hydrogen-bond acceptors (Lipinski definition) is 5. The summed E-state index contributed by atoms with van der Waals surface area (Å²) >= 11 is 0. The van der Waals surface area contributed by atoms with Crippen molar-refractivity contribution in [2.24, 2.45) is 0 Å². The number of nitrogens with one attached hydrogen (secondary N) is 1. The van der Waals surface area contributed by atoms with E-state index in [1.54, 1.807) is 19.5 Å². The highest BCUT2D eigenvalue weighted by molar-refractivity contribution is 5.91. The number of nitrogens with zero attached hydrogens (tertiary/aromatic N) is 3. The first kappa shape index (κ1) is 18.0. The van der Waals surface area contributed by atoms with Crippen molar-refractivity contribution in [2.45, 2.75) is 19.9 Å². The Morgan fingerprint density at radius 1 is 1.25 bits per heavy atom. The number of methoxy groups -OCH3 is 1. The monoisotopic (exact) mass is 328 g/mol. The minimum absolute atomic E-state index is 0.0990. The molecule has 2 aromatic rings. The Labute approximate surface area is 142 Å². The molecule has 0 fully saturated rings. The molecule has 2 heterocycles. The molecule has 6 heteroatoms. The standard InChI is InChI=1S/C18H24N4O2/c1-14-4-5-15(12-20-14)11-18(23)21-17-10-16(6-7-19-17)13-22(2)8-9-24-3/h4-7,10,12H,8-9,11,13H2,1-3H3,(H,19,21,23). The smallest absolute Gasteiger partial charge is 0.230 e. The van der Waals surface area contributed by atoms with Crippen LogP contribution < -0.4 is 5.32 Å².